The summed E-state index contributed by atoms with van der Waals surface area (Å²) in [5, 5.41) is 6.52. The van der Waals surface area contributed by atoms with Gasteiger partial charge in [-0.25, -0.2) is 0 Å². The van der Waals surface area contributed by atoms with Crippen molar-refractivity contribution >= 4 is 11.8 Å². The van der Waals surface area contributed by atoms with Gasteiger partial charge in [-0.05, 0) is 44.3 Å². The number of carbonyl (C=O) groups excluding carboxylic acids is 2. The second-order valence-electron chi connectivity index (χ2n) is 10.6. The Kier molecular flexibility index (Phi) is 8.84. The molecular weight excluding hydrogens is 436 g/mol. The quantitative estimate of drug-likeness (QED) is 0.514. The summed E-state index contributed by atoms with van der Waals surface area (Å²) in [5.74, 6) is 0.914. The maximum Gasteiger partial charge on any atom is 0.258 e. The zero-order chi connectivity index (χ0) is 24.4. The molecule has 0 heterocycles. The number of nitrogens with one attached hydrogen (secondary N) is 2. The Morgan fingerprint density at radius 1 is 0.714 bits per heavy atom. The summed E-state index contributed by atoms with van der Waals surface area (Å²) < 4.78 is 5.76. The summed E-state index contributed by atoms with van der Waals surface area (Å²) in [6.45, 7) is -0.0212. The van der Waals surface area contributed by atoms with Gasteiger partial charge in [-0.1, -0.05) is 99.6 Å². The van der Waals surface area contributed by atoms with Crippen LogP contribution in [0.3, 0.4) is 0 Å². The van der Waals surface area contributed by atoms with Gasteiger partial charge >= 0.3 is 0 Å². The monoisotopic (exact) mass is 476 g/mol. The molecule has 4 fully saturated rings. The fourth-order valence-corrected chi connectivity index (χ4v) is 5.87. The summed E-state index contributed by atoms with van der Waals surface area (Å²) in [5.41, 5.74) is -0.265. The first-order chi connectivity index (χ1) is 17.1. The number of hydrogen-bond acceptors (Lipinski definition) is 3. The lowest BCUT2D eigenvalue weighted by atomic mass is 9.44. The fourth-order valence-electron chi connectivity index (χ4n) is 5.87. The molecule has 5 heteroatoms. The van der Waals surface area contributed by atoms with Crippen LogP contribution in [0, 0.1) is 5.92 Å². The van der Waals surface area contributed by atoms with Crippen LogP contribution in [0.5, 0.6) is 0 Å². The van der Waals surface area contributed by atoms with Crippen molar-refractivity contribution in [1.82, 2.24) is 10.6 Å². The van der Waals surface area contributed by atoms with Gasteiger partial charge in [0.05, 0.1) is 0 Å². The standard InChI is InChI=1S/C30H40N2O3/c33-27(21-35-26-19-15-11-7-2-1-3-8-12-16-20-26)31-29-22-30(23-29,24-29)32-28(34)25-17-13-9-5-4-6-10-14-18-25/h1-3,7-8,11-12,15-16,19-20,25H,4-6,9-10,13-14,17-18,21-24H2,(H,31,33)(H,32,34)/b2-1-,3-1?,7-2?,8-3-,11-7-,12-8?,15-11?,16-12-,19-15-,20-16?,26-19?,26-20+. The Morgan fingerprint density at radius 2 is 1.23 bits per heavy atom. The Bertz CT molecular complexity index is 907. The molecular formula is C30H40N2O3. The molecule has 5 aliphatic carbocycles. The zero-order valence-corrected chi connectivity index (χ0v) is 20.8. The van der Waals surface area contributed by atoms with Gasteiger partial charge in [0, 0.05) is 17.0 Å². The van der Waals surface area contributed by atoms with Crippen LogP contribution in [0.25, 0.3) is 0 Å². The average Bonchev–Trinajstić information content (AvgIpc) is 2.80. The van der Waals surface area contributed by atoms with E-state index >= 15 is 0 Å². The highest BCUT2D eigenvalue weighted by atomic mass is 16.5. The van der Waals surface area contributed by atoms with Gasteiger partial charge in [-0.15, -0.1) is 0 Å². The lowest BCUT2D eigenvalue weighted by molar-refractivity contribution is -0.153. The van der Waals surface area contributed by atoms with Crippen molar-refractivity contribution in [2.24, 2.45) is 5.92 Å². The van der Waals surface area contributed by atoms with E-state index in [1.165, 1.54) is 32.1 Å². The smallest absolute Gasteiger partial charge is 0.258 e. The molecule has 0 spiro atoms. The molecule has 188 valence electrons. The number of rotatable bonds is 6. The molecule has 0 radical (unpaired) electrons. The van der Waals surface area contributed by atoms with E-state index in [1.54, 1.807) is 0 Å². The van der Waals surface area contributed by atoms with E-state index in [9.17, 15) is 9.59 Å². The predicted molar refractivity (Wildman–Crippen MR) is 140 cm³/mol. The van der Waals surface area contributed by atoms with E-state index in [2.05, 4.69) is 10.6 Å². The highest BCUT2D eigenvalue weighted by Gasteiger charge is 2.69. The summed E-state index contributed by atoms with van der Waals surface area (Å²) in [6.07, 6.45) is 34.4. The fraction of sp³-hybridized carbons (Fsp3) is 0.533. The number of allylic oxidation sites excluding steroid dienone is 11. The van der Waals surface area contributed by atoms with Crippen molar-refractivity contribution < 1.29 is 14.3 Å². The Morgan fingerprint density at radius 3 is 1.86 bits per heavy atom. The van der Waals surface area contributed by atoms with Crippen molar-refractivity contribution in [3.63, 3.8) is 0 Å². The number of hydrogen-bond donors (Lipinski definition) is 2. The van der Waals surface area contributed by atoms with Gasteiger partial charge in [0.15, 0.2) is 6.61 Å². The maximum atomic E-state index is 13.0. The molecule has 5 aliphatic rings. The minimum atomic E-state index is -0.166. The lowest BCUT2D eigenvalue weighted by Gasteiger charge is -2.70. The zero-order valence-electron chi connectivity index (χ0n) is 20.8. The molecule has 0 aromatic heterocycles. The first-order valence-corrected chi connectivity index (χ1v) is 13.4. The van der Waals surface area contributed by atoms with Crippen molar-refractivity contribution in [2.75, 3.05) is 6.61 Å². The third-order valence-electron chi connectivity index (χ3n) is 7.58. The summed E-state index contributed by atoms with van der Waals surface area (Å²) >= 11 is 0. The Hall–Kier alpha value is -2.82. The van der Waals surface area contributed by atoms with Gasteiger partial charge in [0.2, 0.25) is 5.91 Å². The highest BCUT2D eigenvalue weighted by Crippen LogP contribution is 2.60. The summed E-state index contributed by atoms with van der Waals surface area (Å²) in [4.78, 5) is 25.6. The largest absolute Gasteiger partial charge is 0.484 e. The molecule has 0 atom stereocenters. The van der Waals surface area contributed by atoms with Gasteiger partial charge < -0.3 is 15.4 Å². The maximum absolute atomic E-state index is 13.0. The minimum Gasteiger partial charge on any atom is -0.484 e. The van der Waals surface area contributed by atoms with Crippen molar-refractivity contribution in [1.29, 1.82) is 0 Å². The Balaban J connectivity index is 1.20. The topological polar surface area (TPSA) is 67.4 Å². The molecule has 2 N–H and O–H groups in total. The molecule has 2 bridgehead atoms. The number of amides is 2. The van der Waals surface area contributed by atoms with Crippen LogP contribution < -0.4 is 10.6 Å². The normalized spacial score (nSPS) is 35.0. The van der Waals surface area contributed by atoms with Crippen LogP contribution in [0.15, 0.2) is 72.6 Å². The van der Waals surface area contributed by atoms with E-state index in [4.69, 9.17) is 4.74 Å². The van der Waals surface area contributed by atoms with Crippen LogP contribution in [-0.4, -0.2) is 29.5 Å². The lowest BCUT2D eigenvalue weighted by Crippen LogP contribution is -2.84. The molecule has 35 heavy (non-hydrogen) atoms. The van der Waals surface area contributed by atoms with Gasteiger partial charge in [-0.2, -0.15) is 0 Å². The first kappa shape index (κ1) is 25.3. The van der Waals surface area contributed by atoms with Crippen LogP contribution >= 0.6 is 0 Å². The first-order valence-electron chi connectivity index (χ1n) is 13.4. The number of ether oxygens (including phenoxy) is 1. The number of carbonyl (C=O) groups is 2. The highest BCUT2D eigenvalue weighted by molar-refractivity contribution is 5.82. The molecule has 0 unspecified atom stereocenters. The van der Waals surface area contributed by atoms with Crippen LogP contribution in [0.1, 0.15) is 77.0 Å². The van der Waals surface area contributed by atoms with E-state index < -0.39 is 0 Å². The van der Waals surface area contributed by atoms with Gasteiger partial charge in [-0.3, -0.25) is 9.59 Å². The van der Waals surface area contributed by atoms with Crippen molar-refractivity contribution in [2.45, 2.75) is 88.1 Å². The SMILES string of the molecule is O=C(COC1=C/C=C\C=C/C=C\C=C/C=C\1)NC12CC(NC(=O)C3CCCCCCCCC3)(C1)C2. The van der Waals surface area contributed by atoms with Gasteiger partial charge in [0.25, 0.3) is 5.91 Å². The predicted octanol–water partition coefficient (Wildman–Crippen LogP) is 5.73. The molecule has 4 saturated carbocycles. The van der Waals surface area contributed by atoms with Crippen LogP contribution in [-0.2, 0) is 14.3 Å². The summed E-state index contributed by atoms with van der Waals surface area (Å²) in [6, 6.07) is 0. The van der Waals surface area contributed by atoms with E-state index in [1.807, 2.05) is 66.8 Å². The summed E-state index contributed by atoms with van der Waals surface area (Å²) in [7, 11) is 0. The molecule has 0 aliphatic heterocycles. The van der Waals surface area contributed by atoms with Crippen molar-refractivity contribution in [3.8, 4) is 0 Å². The second kappa shape index (κ2) is 12.2. The minimum absolute atomic E-state index is 0.0212. The molecule has 2 amide bonds. The van der Waals surface area contributed by atoms with E-state index in [0.717, 1.165) is 44.9 Å². The third kappa shape index (κ3) is 7.33. The van der Waals surface area contributed by atoms with Crippen molar-refractivity contribution in [3.05, 3.63) is 72.6 Å². The molecule has 0 saturated heterocycles. The molecule has 0 aromatic carbocycles. The molecule has 0 aromatic rings. The van der Waals surface area contributed by atoms with Gasteiger partial charge in [0.1, 0.15) is 5.76 Å². The van der Waals surface area contributed by atoms with Crippen LogP contribution in [0.2, 0.25) is 0 Å². The Labute approximate surface area is 210 Å². The molecule has 5 nitrogen and oxygen atoms in total. The average molecular weight is 477 g/mol. The van der Waals surface area contributed by atoms with E-state index in [-0.39, 0.29) is 35.4 Å². The third-order valence-corrected chi connectivity index (χ3v) is 7.58. The molecule has 5 rings (SSSR count). The van der Waals surface area contributed by atoms with Crippen LogP contribution in [0.4, 0.5) is 0 Å². The van der Waals surface area contributed by atoms with E-state index in [0.29, 0.717) is 5.76 Å². The second-order valence-corrected chi connectivity index (χ2v) is 10.6.